The van der Waals surface area contributed by atoms with E-state index in [-0.39, 0.29) is 17.6 Å². The van der Waals surface area contributed by atoms with E-state index in [1.807, 2.05) is 19.9 Å². The lowest BCUT2D eigenvalue weighted by Crippen LogP contribution is -2.58. The maximum atomic E-state index is 12.7. The summed E-state index contributed by atoms with van der Waals surface area (Å²) in [4.78, 5) is 31.0. The van der Waals surface area contributed by atoms with E-state index in [2.05, 4.69) is 15.6 Å². The summed E-state index contributed by atoms with van der Waals surface area (Å²) in [5.41, 5.74) is 2.25. The topological polar surface area (TPSA) is 87.5 Å². The maximum absolute atomic E-state index is 12.7. The lowest BCUT2D eigenvalue weighted by atomic mass is 10.1. The Hall–Kier alpha value is -2.67. The number of carbonyl (C=O) groups is 2. The van der Waals surface area contributed by atoms with Crippen molar-refractivity contribution in [1.82, 2.24) is 15.2 Å². The van der Waals surface area contributed by atoms with Crippen LogP contribution in [0, 0.1) is 13.8 Å². The quantitative estimate of drug-likeness (QED) is 0.888. The molecule has 1 aliphatic rings. The minimum Gasteiger partial charge on any atom is -0.459 e. The van der Waals surface area contributed by atoms with Gasteiger partial charge in [-0.15, -0.1) is 0 Å². The summed E-state index contributed by atoms with van der Waals surface area (Å²) in [6, 6.07) is 4.75. The summed E-state index contributed by atoms with van der Waals surface area (Å²) >= 11 is 0. The number of furan rings is 1. The maximum Gasteiger partial charge on any atom is 0.290 e. The second kappa shape index (κ2) is 6.84. The number of carbonyl (C=O) groups excluding carboxylic acids is 2. The molecule has 0 aliphatic carbocycles. The zero-order valence-corrected chi connectivity index (χ0v) is 13.7. The molecular weight excluding hydrogens is 308 g/mol. The molecule has 1 aliphatic heterocycles. The number of hydrogen-bond donors (Lipinski definition) is 2. The summed E-state index contributed by atoms with van der Waals surface area (Å²) in [6.07, 6.45) is 3.09. The van der Waals surface area contributed by atoms with Gasteiger partial charge in [0.2, 0.25) is 5.91 Å². The van der Waals surface area contributed by atoms with Crippen LogP contribution in [0.5, 0.6) is 0 Å². The predicted molar refractivity (Wildman–Crippen MR) is 88.7 cm³/mol. The fourth-order valence-corrected chi connectivity index (χ4v) is 2.67. The normalized spacial score (nSPS) is 17.6. The third-order valence-electron chi connectivity index (χ3n) is 4.04. The van der Waals surface area contributed by atoms with E-state index in [0.717, 1.165) is 11.3 Å². The standard InChI is InChI=1S/C17H20N4O3/c1-11-5-8-24-15(11)17(23)21-7-6-18-10-14(21)16(22)20-13-4-3-12(2)19-9-13/h3-5,8-9,14,18H,6-7,10H2,1-2H3,(H,20,22). The van der Waals surface area contributed by atoms with Crippen molar-refractivity contribution in [2.24, 2.45) is 0 Å². The molecule has 0 spiro atoms. The summed E-state index contributed by atoms with van der Waals surface area (Å²) in [6.45, 7) is 5.18. The number of aromatic nitrogens is 1. The third kappa shape index (κ3) is 3.30. The van der Waals surface area contributed by atoms with Crippen molar-refractivity contribution in [3.8, 4) is 0 Å². The molecule has 0 radical (unpaired) electrons. The van der Waals surface area contributed by atoms with Gasteiger partial charge in [0.15, 0.2) is 5.76 Å². The number of hydrogen-bond acceptors (Lipinski definition) is 5. The number of pyridine rings is 1. The van der Waals surface area contributed by atoms with Gasteiger partial charge in [0, 0.05) is 30.9 Å². The van der Waals surface area contributed by atoms with Crippen LogP contribution in [0.25, 0.3) is 0 Å². The molecule has 3 rings (SSSR count). The molecule has 7 nitrogen and oxygen atoms in total. The highest BCUT2D eigenvalue weighted by Gasteiger charge is 2.34. The van der Waals surface area contributed by atoms with Crippen LogP contribution in [0.15, 0.2) is 35.1 Å². The minimum absolute atomic E-state index is 0.245. The van der Waals surface area contributed by atoms with E-state index in [1.165, 1.54) is 6.26 Å². The van der Waals surface area contributed by atoms with Gasteiger partial charge >= 0.3 is 0 Å². The Balaban J connectivity index is 1.76. The molecule has 2 N–H and O–H groups in total. The van der Waals surface area contributed by atoms with Crippen LogP contribution < -0.4 is 10.6 Å². The lowest BCUT2D eigenvalue weighted by Gasteiger charge is -2.34. The van der Waals surface area contributed by atoms with Gasteiger partial charge in [0.05, 0.1) is 18.1 Å². The van der Waals surface area contributed by atoms with Crippen LogP contribution in [0.3, 0.4) is 0 Å². The Morgan fingerprint density at radius 1 is 1.33 bits per heavy atom. The van der Waals surface area contributed by atoms with Gasteiger partial charge in [-0.1, -0.05) is 0 Å². The van der Waals surface area contributed by atoms with E-state index in [1.54, 1.807) is 23.2 Å². The summed E-state index contributed by atoms with van der Waals surface area (Å²) < 4.78 is 5.29. The zero-order valence-electron chi connectivity index (χ0n) is 13.7. The highest BCUT2D eigenvalue weighted by Crippen LogP contribution is 2.16. The smallest absolute Gasteiger partial charge is 0.290 e. The Kier molecular flexibility index (Phi) is 4.61. The predicted octanol–water partition coefficient (Wildman–Crippen LogP) is 1.34. The average molecular weight is 328 g/mol. The lowest BCUT2D eigenvalue weighted by molar-refractivity contribution is -0.121. The summed E-state index contributed by atoms with van der Waals surface area (Å²) in [7, 11) is 0. The Morgan fingerprint density at radius 2 is 2.17 bits per heavy atom. The van der Waals surface area contributed by atoms with E-state index in [9.17, 15) is 9.59 Å². The number of amides is 2. The van der Waals surface area contributed by atoms with Crippen molar-refractivity contribution in [3.63, 3.8) is 0 Å². The SMILES string of the molecule is Cc1ccc(NC(=O)C2CNCCN2C(=O)c2occc2C)cn1. The molecule has 1 fully saturated rings. The van der Waals surface area contributed by atoms with Gasteiger partial charge in [0.25, 0.3) is 5.91 Å². The molecule has 0 bridgehead atoms. The molecule has 2 aromatic rings. The van der Waals surface area contributed by atoms with E-state index in [4.69, 9.17) is 4.42 Å². The molecule has 24 heavy (non-hydrogen) atoms. The molecule has 1 saturated heterocycles. The van der Waals surface area contributed by atoms with Gasteiger partial charge < -0.3 is 20.0 Å². The highest BCUT2D eigenvalue weighted by molar-refractivity contribution is 6.00. The van der Waals surface area contributed by atoms with E-state index < -0.39 is 6.04 Å². The fourth-order valence-electron chi connectivity index (χ4n) is 2.67. The highest BCUT2D eigenvalue weighted by atomic mass is 16.3. The van der Waals surface area contributed by atoms with Gasteiger partial charge in [-0.25, -0.2) is 0 Å². The van der Waals surface area contributed by atoms with Crippen LogP contribution in [-0.4, -0.2) is 47.4 Å². The Bertz CT molecular complexity index is 739. The summed E-state index contributed by atoms with van der Waals surface area (Å²) in [5.74, 6) is -0.224. The summed E-state index contributed by atoms with van der Waals surface area (Å²) in [5, 5.41) is 5.97. The Morgan fingerprint density at radius 3 is 2.83 bits per heavy atom. The molecule has 3 heterocycles. The first-order chi connectivity index (χ1) is 11.6. The van der Waals surface area contributed by atoms with Gasteiger partial charge in [-0.2, -0.15) is 0 Å². The van der Waals surface area contributed by atoms with Crippen molar-refractivity contribution in [2.75, 3.05) is 25.0 Å². The molecule has 0 aromatic carbocycles. The van der Waals surface area contributed by atoms with Crippen molar-refractivity contribution >= 4 is 17.5 Å². The van der Waals surface area contributed by atoms with Gasteiger partial charge in [-0.3, -0.25) is 14.6 Å². The average Bonchev–Trinajstić information content (AvgIpc) is 3.02. The molecule has 126 valence electrons. The molecule has 1 unspecified atom stereocenters. The molecule has 2 aromatic heterocycles. The molecular formula is C17H20N4O3. The first-order valence-corrected chi connectivity index (χ1v) is 7.85. The number of anilines is 1. The second-order valence-corrected chi connectivity index (χ2v) is 5.83. The molecule has 0 saturated carbocycles. The van der Waals surface area contributed by atoms with Crippen molar-refractivity contribution in [2.45, 2.75) is 19.9 Å². The minimum atomic E-state index is -0.600. The van der Waals surface area contributed by atoms with Crippen molar-refractivity contribution < 1.29 is 14.0 Å². The largest absolute Gasteiger partial charge is 0.459 e. The van der Waals surface area contributed by atoms with E-state index in [0.29, 0.717) is 25.3 Å². The van der Waals surface area contributed by atoms with Crippen LogP contribution in [0.4, 0.5) is 5.69 Å². The van der Waals surface area contributed by atoms with Crippen molar-refractivity contribution in [3.05, 3.63) is 47.7 Å². The number of nitrogens with zero attached hydrogens (tertiary/aromatic N) is 2. The molecule has 2 amide bonds. The monoisotopic (exact) mass is 328 g/mol. The molecule has 1 atom stereocenters. The Labute approximate surface area is 140 Å². The van der Waals surface area contributed by atoms with E-state index >= 15 is 0 Å². The number of aryl methyl sites for hydroxylation is 2. The van der Waals surface area contributed by atoms with Crippen LogP contribution in [0.2, 0.25) is 0 Å². The number of rotatable bonds is 3. The van der Waals surface area contributed by atoms with Gasteiger partial charge in [0.1, 0.15) is 6.04 Å². The second-order valence-electron chi connectivity index (χ2n) is 5.83. The van der Waals surface area contributed by atoms with Crippen LogP contribution in [0.1, 0.15) is 21.8 Å². The van der Waals surface area contributed by atoms with Crippen molar-refractivity contribution in [1.29, 1.82) is 0 Å². The van der Waals surface area contributed by atoms with Crippen LogP contribution >= 0.6 is 0 Å². The van der Waals surface area contributed by atoms with Crippen LogP contribution in [-0.2, 0) is 4.79 Å². The first kappa shape index (κ1) is 16.2. The third-order valence-corrected chi connectivity index (χ3v) is 4.04. The molecule has 7 heteroatoms. The fraction of sp³-hybridized carbons (Fsp3) is 0.353. The zero-order chi connectivity index (χ0) is 17.1. The van der Waals surface area contributed by atoms with Gasteiger partial charge in [-0.05, 0) is 32.0 Å². The first-order valence-electron chi connectivity index (χ1n) is 7.85. The number of nitrogens with one attached hydrogen (secondary N) is 2. The number of piperazine rings is 1.